The van der Waals surface area contributed by atoms with E-state index in [1.54, 1.807) is 0 Å². The molecule has 1 aromatic carbocycles. The van der Waals surface area contributed by atoms with Gasteiger partial charge in [0, 0.05) is 23.2 Å². The van der Waals surface area contributed by atoms with Crippen LogP contribution in [0.4, 0.5) is 0 Å². The lowest BCUT2D eigenvalue weighted by Crippen LogP contribution is -2.37. The lowest BCUT2D eigenvalue weighted by molar-refractivity contribution is -0.537. The molecule has 4 heteroatoms. The van der Waals surface area contributed by atoms with Gasteiger partial charge in [-0.3, -0.25) is 10.1 Å². The fourth-order valence-electron chi connectivity index (χ4n) is 3.26. The highest BCUT2D eigenvalue weighted by molar-refractivity contribution is 5.54. The Morgan fingerprint density at radius 2 is 1.95 bits per heavy atom. The average molecular weight is 275 g/mol. The Morgan fingerprint density at radius 3 is 2.60 bits per heavy atom. The Labute approximate surface area is 119 Å². The second-order valence-electron chi connectivity index (χ2n) is 5.63. The number of nitro groups is 1. The molecule has 3 atom stereocenters. The number of hydrogen-bond donors (Lipinski definition) is 0. The number of aldehydes is 1. The van der Waals surface area contributed by atoms with Gasteiger partial charge in [-0.2, -0.15) is 0 Å². The number of nitrogens with zero attached hydrogens (tertiary/aromatic N) is 1. The second kappa shape index (κ2) is 7.17. The van der Waals surface area contributed by atoms with Crippen LogP contribution in [0.1, 0.15) is 37.7 Å². The number of rotatable bonds is 6. The zero-order chi connectivity index (χ0) is 14.4. The van der Waals surface area contributed by atoms with Crippen LogP contribution in [0.3, 0.4) is 0 Å². The summed E-state index contributed by atoms with van der Waals surface area (Å²) in [5, 5.41) is 11.1. The zero-order valence-electron chi connectivity index (χ0n) is 11.6. The normalized spacial score (nSPS) is 24.0. The topological polar surface area (TPSA) is 60.2 Å². The van der Waals surface area contributed by atoms with Gasteiger partial charge in [0.1, 0.15) is 6.29 Å². The van der Waals surface area contributed by atoms with E-state index < -0.39 is 6.04 Å². The van der Waals surface area contributed by atoms with Gasteiger partial charge in [0.15, 0.2) is 0 Å². The molecule has 0 saturated heterocycles. The van der Waals surface area contributed by atoms with Crippen LogP contribution in [0, 0.1) is 22.0 Å². The summed E-state index contributed by atoms with van der Waals surface area (Å²) in [5.41, 5.74) is 1.19. The summed E-state index contributed by atoms with van der Waals surface area (Å²) < 4.78 is 0. The fourth-order valence-corrected chi connectivity index (χ4v) is 3.26. The molecule has 0 amide bonds. The summed E-state index contributed by atoms with van der Waals surface area (Å²) in [4.78, 5) is 22.3. The van der Waals surface area contributed by atoms with Crippen LogP contribution in [0.15, 0.2) is 30.3 Å². The SMILES string of the molecule is O=C[C@@H](CCc1ccccc1)[C@@H]1CCCC[C@@H]1[N+](=O)[O-]. The highest BCUT2D eigenvalue weighted by atomic mass is 16.6. The van der Waals surface area contributed by atoms with Crippen molar-refractivity contribution in [2.45, 2.75) is 44.6 Å². The highest BCUT2D eigenvalue weighted by Crippen LogP contribution is 2.33. The number of hydrogen-bond acceptors (Lipinski definition) is 3. The van der Waals surface area contributed by atoms with E-state index >= 15 is 0 Å². The van der Waals surface area contributed by atoms with Crippen LogP contribution in [0.5, 0.6) is 0 Å². The molecule has 2 rings (SSSR count). The Bertz CT molecular complexity index is 446. The first-order chi connectivity index (χ1) is 9.72. The van der Waals surface area contributed by atoms with Gasteiger partial charge in [-0.15, -0.1) is 0 Å². The summed E-state index contributed by atoms with van der Waals surface area (Å²) in [6.45, 7) is 0. The van der Waals surface area contributed by atoms with Crippen LogP contribution < -0.4 is 0 Å². The molecule has 20 heavy (non-hydrogen) atoms. The lowest BCUT2D eigenvalue weighted by Gasteiger charge is -2.29. The van der Waals surface area contributed by atoms with Crippen molar-refractivity contribution in [3.63, 3.8) is 0 Å². The summed E-state index contributed by atoms with van der Waals surface area (Å²) in [5.74, 6) is -0.272. The van der Waals surface area contributed by atoms with Crippen molar-refractivity contribution < 1.29 is 9.72 Å². The molecule has 0 radical (unpaired) electrons. The highest BCUT2D eigenvalue weighted by Gasteiger charge is 2.38. The summed E-state index contributed by atoms with van der Waals surface area (Å²) >= 11 is 0. The monoisotopic (exact) mass is 275 g/mol. The van der Waals surface area contributed by atoms with Crippen LogP contribution >= 0.6 is 0 Å². The third-order valence-corrected chi connectivity index (χ3v) is 4.39. The molecule has 0 bridgehead atoms. The van der Waals surface area contributed by atoms with Gasteiger partial charge in [-0.25, -0.2) is 0 Å². The third kappa shape index (κ3) is 3.65. The standard InChI is InChI=1S/C16H21NO3/c18-12-14(11-10-13-6-2-1-3-7-13)15-8-4-5-9-16(15)17(19)20/h1-3,6-7,12,14-16H,4-5,8-11H2/t14-,15+,16+/m1/s1. The van der Waals surface area contributed by atoms with Gasteiger partial charge < -0.3 is 4.79 Å². The van der Waals surface area contributed by atoms with Gasteiger partial charge in [0.05, 0.1) is 0 Å². The number of aryl methyl sites for hydroxylation is 1. The average Bonchev–Trinajstić information content (AvgIpc) is 2.49. The molecule has 108 valence electrons. The van der Waals surface area contributed by atoms with Gasteiger partial charge in [-0.1, -0.05) is 36.8 Å². The summed E-state index contributed by atoms with van der Waals surface area (Å²) in [6.07, 6.45) is 5.80. The predicted octanol–water partition coefficient (Wildman–Crippen LogP) is 3.27. The van der Waals surface area contributed by atoms with Crippen molar-refractivity contribution in [1.29, 1.82) is 0 Å². The van der Waals surface area contributed by atoms with E-state index in [-0.39, 0.29) is 16.8 Å². The molecule has 4 nitrogen and oxygen atoms in total. The smallest absolute Gasteiger partial charge is 0.216 e. The van der Waals surface area contributed by atoms with Crippen molar-refractivity contribution in [2.24, 2.45) is 11.8 Å². The molecular weight excluding hydrogens is 254 g/mol. The molecule has 0 spiro atoms. The molecule has 1 saturated carbocycles. The van der Waals surface area contributed by atoms with E-state index in [2.05, 4.69) is 0 Å². The largest absolute Gasteiger partial charge is 0.303 e. The molecule has 0 aromatic heterocycles. The quantitative estimate of drug-likeness (QED) is 0.455. The van der Waals surface area contributed by atoms with Crippen LogP contribution in [0.2, 0.25) is 0 Å². The molecule has 1 aliphatic rings. The Kier molecular flexibility index (Phi) is 5.27. The molecule has 0 aliphatic heterocycles. The van der Waals surface area contributed by atoms with E-state index in [1.165, 1.54) is 5.56 Å². The first-order valence-electron chi connectivity index (χ1n) is 7.35. The number of benzene rings is 1. The molecule has 0 N–H and O–H groups in total. The van der Waals surface area contributed by atoms with Crippen molar-refractivity contribution in [1.82, 2.24) is 0 Å². The Balaban J connectivity index is 1.99. The van der Waals surface area contributed by atoms with E-state index in [0.717, 1.165) is 32.0 Å². The minimum Gasteiger partial charge on any atom is -0.303 e. The zero-order valence-corrected chi connectivity index (χ0v) is 11.6. The Morgan fingerprint density at radius 1 is 1.25 bits per heavy atom. The molecule has 0 heterocycles. The molecule has 1 aromatic rings. The Hall–Kier alpha value is -1.71. The van der Waals surface area contributed by atoms with Crippen LogP contribution in [-0.2, 0) is 11.2 Å². The van der Waals surface area contributed by atoms with Crippen molar-refractivity contribution >= 4 is 6.29 Å². The third-order valence-electron chi connectivity index (χ3n) is 4.39. The van der Waals surface area contributed by atoms with Gasteiger partial charge in [0.2, 0.25) is 6.04 Å². The summed E-state index contributed by atoms with van der Waals surface area (Å²) in [7, 11) is 0. The predicted molar refractivity (Wildman–Crippen MR) is 77.1 cm³/mol. The maximum Gasteiger partial charge on any atom is 0.216 e. The van der Waals surface area contributed by atoms with Crippen LogP contribution in [0.25, 0.3) is 0 Å². The van der Waals surface area contributed by atoms with E-state index in [4.69, 9.17) is 0 Å². The maximum atomic E-state index is 11.4. The van der Waals surface area contributed by atoms with Gasteiger partial charge in [-0.05, 0) is 31.2 Å². The van der Waals surface area contributed by atoms with E-state index in [9.17, 15) is 14.9 Å². The second-order valence-corrected chi connectivity index (χ2v) is 5.63. The van der Waals surface area contributed by atoms with Crippen LogP contribution in [-0.4, -0.2) is 17.3 Å². The van der Waals surface area contributed by atoms with E-state index in [0.29, 0.717) is 12.8 Å². The number of carbonyl (C=O) groups is 1. The minimum absolute atomic E-state index is 0.0834. The first-order valence-corrected chi connectivity index (χ1v) is 7.35. The molecule has 1 fully saturated rings. The molecule has 1 aliphatic carbocycles. The molecular formula is C16H21NO3. The fraction of sp³-hybridized carbons (Fsp3) is 0.562. The van der Waals surface area contributed by atoms with Gasteiger partial charge >= 0.3 is 0 Å². The summed E-state index contributed by atoms with van der Waals surface area (Å²) in [6, 6.07) is 9.46. The maximum absolute atomic E-state index is 11.4. The van der Waals surface area contributed by atoms with E-state index in [1.807, 2.05) is 30.3 Å². The minimum atomic E-state index is -0.533. The van der Waals surface area contributed by atoms with Crippen molar-refractivity contribution in [3.05, 3.63) is 46.0 Å². The first kappa shape index (κ1) is 14.7. The van der Waals surface area contributed by atoms with Crippen molar-refractivity contribution in [2.75, 3.05) is 0 Å². The van der Waals surface area contributed by atoms with Crippen molar-refractivity contribution in [3.8, 4) is 0 Å². The van der Waals surface area contributed by atoms with Gasteiger partial charge in [0.25, 0.3) is 0 Å². The number of carbonyl (C=O) groups excluding carboxylic acids is 1. The lowest BCUT2D eigenvalue weighted by atomic mass is 9.75. The molecule has 0 unspecified atom stereocenters.